The normalized spacial score (nSPS) is 10.3. The minimum Gasteiger partial charge on any atom is -0.366 e. The summed E-state index contributed by atoms with van der Waals surface area (Å²) in [5.41, 5.74) is 2.14. The molecule has 0 saturated carbocycles. The van der Waals surface area contributed by atoms with Crippen molar-refractivity contribution >= 4 is 33.3 Å². The highest BCUT2D eigenvalue weighted by atomic mass is 79.9. The highest BCUT2D eigenvalue weighted by molar-refractivity contribution is 9.10. The molecule has 1 N–H and O–H groups in total. The second-order valence-corrected chi connectivity index (χ2v) is 4.81. The summed E-state index contributed by atoms with van der Waals surface area (Å²) < 4.78 is 1.07. The molecule has 88 valence electrons. The average molecular weight is 313 g/mol. The molecule has 5 heteroatoms. The maximum absolute atomic E-state index is 5.76. The lowest BCUT2D eigenvalue weighted by atomic mass is 10.2. The van der Waals surface area contributed by atoms with Crippen LogP contribution in [-0.4, -0.2) is 9.97 Å². The van der Waals surface area contributed by atoms with Gasteiger partial charge in [0, 0.05) is 22.8 Å². The molecule has 0 aliphatic heterocycles. The number of aromatic nitrogens is 2. The third kappa shape index (κ3) is 3.17. The van der Waals surface area contributed by atoms with Crippen LogP contribution in [0.15, 0.2) is 34.9 Å². The summed E-state index contributed by atoms with van der Waals surface area (Å²) in [6, 6.07) is 8.05. The van der Waals surface area contributed by atoms with E-state index in [2.05, 4.69) is 37.3 Å². The van der Waals surface area contributed by atoms with Crippen molar-refractivity contribution in [2.24, 2.45) is 0 Å². The summed E-state index contributed by atoms with van der Waals surface area (Å²) in [7, 11) is 0. The lowest BCUT2D eigenvalue weighted by molar-refractivity contribution is 1.05. The average Bonchev–Trinajstić information content (AvgIpc) is 2.32. The Hall–Kier alpha value is -1.13. The van der Waals surface area contributed by atoms with E-state index in [9.17, 15) is 0 Å². The number of rotatable bonds is 3. The number of hydrogen-bond acceptors (Lipinski definition) is 3. The summed E-state index contributed by atoms with van der Waals surface area (Å²) in [5, 5.41) is 3.50. The highest BCUT2D eigenvalue weighted by Gasteiger charge is 2.03. The van der Waals surface area contributed by atoms with Crippen LogP contribution in [0.2, 0.25) is 5.28 Å². The first-order valence-corrected chi connectivity index (χ1v) is 6.30. The van der Waals surface area contributed by atoms with Crippen molar-refractivity contribution in [1.29, 1.82) is 0 Å². The van der Waals surface area contributed by atoms with E-state index in [0.717, 1.165) is 15.9 Å². The van der Waals surface area contributed by atoms with E-state index < -0.39 is 0 Å². The van der Waals surface area contributed by atoms with Crippen LogP contribution in [0.25, 0.3) is 0 Å². The van der Waals surface area contributed by atoms with Gasteiger partial charge in [-0.05, 0) is 30.2 Å². The van der Waals surface area contributed by atoms with Crippen LogP contribution < -0.4 is 5.32 Å². The largest absolute Gasteiger partial charge is 0.366 e. The summed E-state index contributed by atoms with van der Waals surface area (Å²) in [5.74, 6) is 0.765. The van der Waals surface area contributed by atoms with Gasteiger partial charge in [-0.15, -0.1) is 0 Å². The predicted molar refractivity (Wildman–Crippen MR) is 73.2 cm³/mol. The SMILES string of the molecule is Cc1cnc(Cl)nc1NCc1ccccc1Br. The monoisotopic (exact) mass is 311 g/mol. The molecule has 0 unspecified atom stereocenters. The summed E-state index contributed by atoms with van der Waals surface area (Å²) in [4.78, 5) is 8.06. The van der Waals surface area contributed by atoms with Crippen LogP contribution in [-0.2, 0) is 6.54 Å². The molecule has 0 fully saturated rings. The van der Waals surface area contributed by atoms with Crippen molar-refractivity contribution < 1.29 is 0 Å². The van der Waals surface area contributed by atoms with Crippen LogP contribution in [0.1, 0.15) is 11.1 Å². The van der Waals surface area contributed by atoms with E-state index in [1.54, 1.807) is 6.20 Å². The van der Waals surface area contributed by atoms with Gasteiger partial charge >= 0.3 is 0 Å². The van der Waals surface area contributed by atoms with Crippen molar-refractivity contribution in [3.05, 3.63) is 51.3 Å². The van der Waals surface area contributed by atoms with Gasteiger partial charge in [-0.25, -0.2) is 9.97 Å². The summed E-state index contributed by atoms with van der Waals surface area (Å²) in [6.07, 6.45) is 1.71. The summed E-state index contributed by atoms with van der Waals surface area (Å²) in [6.45, 7) is 2.63. The molecule has 2 aromatic rings. The van der Waals surface area contributed by atoms with Gasteiger partial charge in [-0.1, -0.05) is 34.1 Å². The standard InChI is InChI=1S/C12H11BrClN3/c1-8-6-16-12(14)17-11(8)15-7-9-4-2-3-5-10(9)13/h2-6H,7H2,1H3,(H,15,16,17). The van der Waals surface area contributed by atoms with Crippen LogP contribution in [0.4, 0.5) is 5.82 Å². The van der Waals surface area contributed by atoms with Crippen molar-refractivity contribution in [2.75, 3.05) is 5.32 Å². The van der Waals surface area contributed by atoms with E-state index in [1.807, 2.05) is 25.1 Å². The molecule has 0 atom stereocenters. The van der Waals surface area contributed by atoms with E-state index in [4.69, 9.17) is 11.6 Å². The molecular weight excluding hydrogens is 302 g/mol. The minimum atomic E-state index is 0.255. The molecule has 0 aliphatic carbocycles. The molecule has 2 rings (SSSR count). The lowest BCUT2D eigenvalue weighted by Gasteiger charge is -2.09. The molecule has 0 spiro atoms. The predicted octanol–water partition coefficient (Wildman–Crippen LogP) is 3.81. The Bertz CT molecular complexity index is 531. The number of nitrogens with one attached hydrogen (secondary N) is 1. The number of aryl methyl sites for hydroxylation is 1. The highest BCUT2D eigenvalue weighted by Crippen LogP contribution is 2.18. The minimum absolute atomic E-state index is 0.255. The molecule has 3 nitrogen and oxygen atoms in total. The quantitative estimate of drug-likeness (QED) is 0.876. The summed E-state index contributed by atoms with van der Waals surface area (Å²) >= 11 is 9.26. The second kappa shape index (κ2) is 5.47. The smallest absolute Gasteiger partial charge is 0.224 e. The maximum Gasteiger partial charge on any atom is 0.224 e. The molecule has 0 aliphatic rings. The zero-order valence-corrected chi connectivity index (χ0v) is 11.6. The van der Waals surface area contributed by atoms with E-state index in [1.165, 1.54) is 5.56 Å². The zero-order chi connectivity index (χ0) is 12.3. The first-order chi connectivity index (χ1) is 8.16. The molecular formula is C12H11BrClN3. The Balaban J connectivity index is 2.12. The molecule has 1 aromatic heterocycles. The van der Waals surface area contributed by atoms with Gasteiger partial charge in [0.15, 0.2) is 0 Å². The van der Waals surface area contributed by atoms with E-state index in [0.29, 0.717) is 6.54 Å². The van der Waals surface area contributed by atoms with Crippen molar-refractivity contribution in [3.8, 4) is 0 Å². The van der Waals surface area contributed by atoms with E-state index >= 15 is 0 Å². The Morgan fingerprint density at radius 3 is 2.88 bits per heavy atom. The Morgan fingerprint density at radius 1 is 1.35 bits per heavy atom. The second-order valence-electron chi connectivity index (χ2n) is 3.62. The van der Waals surface area contributed by atoms with Gasteiger partial charge in [-0.2, -0.15) is 0 Å². The van der Waals surface area contributed by atoms with Gasteiger partial charge in [0.1, 0.15) is 5.82 Å². The van der Waals surface area contributed by atoms with Crippen LogP contribution in [0.5, 0.6) is 0 Å². The molecule has 1 heterocycles. The number of benzene rings is 1. The van der Waals surface area contributed by atoms with Crippen molar-refractivity contribution in [3.63, 3.8) is 0 Å². The van der Waals surface area contributed by atoms with Crippen molar-refractivity contribution in [1.82, 2.24) is 9.97 Å². The fourth-order valence-corrected chi connectivity index (χ4v) is 1.98. The molecule has 0 radical (unpaired) electrons. The fourth-order valence-electron chi connectivity index (χ4n) is 1.42. The lowest BCUT2D eigenvalue weighted by Crippen LogP contribution is -2.04. The molecule has 0 saturated heterocycles. The number of halogens is 2. The number of hydrogen-bond donors (Lipinski definition) is 1. The fraction of sp³-hybridized carbons (Fsp3) is 0.167. The van der Waals surface area contributed by atoms with Crippen LogP contribution in [0, 0.1) is 6.92 Å². The van der Waals surface area contributed by atoms with Gasteiger partial charge in [0.25, 0.3) is 0 Å². The van der Waals surface area contributed by atoms with Gasteiger partial charge in [0.2, 0.25) is 5.28 Å². The van der Waals surface area contributed by atoms with Crippen molar-refractivity contribution in [2.45, 2.75) is 13.5 Å². The van der Waals surface area contributed by atoms with Crippen LogP contribution >= 0.6 is 27.5 Å². The molecule has 17 heavy (non-hydrogen) atoms. The Kier molecular flexibility index (Phi) is 3.97. The van der Waals surface area contributed by atoms with Gasteiger partial charge in [-0.3, -0.25) is 0 Å². The first kappa shape index (κ1) is 12.3. The Morgan fingerprint density at radius 2 is 2.12 bits per heavy atom. The molecule has 0 amide bonds. The third-order valence-electron chi connectivity index (χ3n) is 2.35. The molecule has 0 bridgehead atoms. The Labute approximate surface area is 113 Å². The van der Waals surface area contributed by atoms with Crippen LogP contribution in [0.3, 0.4) is 0 Å². The molecule has 1 aromatic carbocycles. The third-order valence-corrected chi connectivity index (χ3v) is 3.30. The van der Waals surface area contributed by atoms with Gasteiger partial charge in [0.05, 0.1) is 0 Å². The van der Waals surface area contributed by atoms with E-state index in [-0.39, 0.29) is 5.28 Å². The van der Waals surface area contributed by atoms with Gasteiger partial charge < -0.3 is 5.32 Å². The number of nitrogens with zero attached hydrogens (tertiary/aromatic N) is 2. The zero-order valence-electron chi connectivity index (χ0n) is 9.24. The number of anilines is 1. The maximum atomic E-state index is 5.76. The topological polar surface area (TPSA) is 37.8 Å². The first-order valence-electron chi connectivity index (χ1n) is 5.13.